The Bertz CT molecular complexity index is 873. The maximum atomic E-state index is 10.2. The van der Waals surface area contributed by atoms with Crippen LogP contribution in [0.2, 0.25) is 5.02 Å². The molecule has 0 aromatic heterocycles. The van der Waals surface area contributed by atoms with Gasteiger partial charge in [0.1, 0.15) is 6.61 Å². The number of aliphatic hydroxyl groups excluding tert-OH is 1. The van der Waals surface area contributed by atoms with Crippen LogP contribution in [-0.2, 0) is 13.2 Å². The minimum atomic E-state index is -0.537. The van der Waals surface area contributed by atoms with Crippen molar-refractivity contribution < 1.29 is 14.6 Å². The lowest BCUT2D eigenvalue weighted by molar-refractivity contribution is 0.174. The van der Waals surface area contributed by atoms with Crippen molar-refractivity contribution in [2.24, 2.45) is 0 Å². The number of hydrogen-bond acceptors (Lipinski definition) is 4. The molecule has 154 valence electrons. The van der Waals surface area contributed by atoms with Crippen molar-refractivity contribution in [2.75, 3.05) is 13.7 Å². The summed E-state index contributed by atoms with van der Waals surface area (Å²) >= 11 is 5.91. The number of benzene rings is 3. The van der Waals surface area contributed by atoms with Gasteiger partial charge in [0.2, 0.25) is 0 Å². The Morgan fingerprint density at radius 2 is 1.62 bits per heavy atom. The molecule has 2 N–H and O–H groups in total. The summed E-state index contributed by atoms with van der Waals surface area (Å²) in [7, 11) is 1.63. The van der Waals surface area contributed by atoms with E-state index in [2.05, 4.69) is 5.32 Å². The van der Waals surface area contributed by atoms with Gasteiger partial charge in [-0.25, -0.2) is 0 Å². The average molecular weight is 434 g/mol. The predicted molar refractivity (Wildman–Crippen MR) is 119 cm³/mol. The van der Waals surface area contributed by atoms with Gasteiger partial charge < -0.3 is 19.9 Å². The molecule has 3 aromatic carbocycles. The lowest BCUT2D eigenvalue weighted by atomic mass is 10.1. The van der Waals surface area contributed by atoms with Gasteiger partial charge in [-0.2, -0.15) is 0 Å². The molecule has 0 radical (unpaired) electrons. The number of halogens is 2. The van der Waals surface area contributed by atoms with Gasteiger partial charge in [-0.3, -0.25) is 0 Å². The second-order valence-corrected chi connectivity index (χ2v) is 6.89. The number of ether oxygens (including phenoxy) is 2. The fraction of sp³-hybridized carbons (Fsp3) is 0.217. The van der Waals surface area contributed by atoms with Crippen molar-refractivity contribution in [3.05, 3.63) is 94.5 Å². The number of methoxy groups -OCH3 is 1. The Balaban J connectivity index is 0.00000300. The highest BCUT2D eigenvalue weighted by Crippen LogP contribution is 2.29. The second kappa shape index (κ2) is 11.7. The first-order valence-corrected chi connectivity index (χ1v) is 9.51. The van der Waals surface area contributed by atoms with Crippen molar-refractivity contribution in [3.8, 4) is 11.5 Å². The smallest absolute Gasteiger partial charge is 0.161 e. The number of nitrogens with one attached hydrogen (secondary N) is 1. The average Bonchev–Trinajstić information content (AvgIpc) is 2.74. The highest BCUT2D eigenvalue weighted by atomic mass is 35.5. The number of rotatable bonds is 9. The molecule has 4 nitrogen and oxygen atoms in total. The zero-order chi connectivity index (χ0) is 19.8. The van der Waals surface area contributed by atoms with Crippen LogP contribution in [0.4, 0.5) is 0 Å². The van der Waals surface area contributed by atoms with Gasteiger partial charge in [-0.05, 0) is 41.0 Å². The third-order valence-electron chi connectivity index (χ3n) is 4.39. The molecule has 0 aliphatic carbocycles. The van der Waals surface area contributed by atoms with Crippen LogP contribution in [0.25, 0.3) is 0 Å². The second-order valence-electron chi connectivity index (χ2n) is 6.46. The van der Waals surface area contributed by atoms with Crippen LogP contribution in [0, 0.1) is 0 Å². The summed E-state index contributed by atoms with van der Waals surface area (Å²) in [5.74, 6) is 1.36. The van der Waals surface area contributed by atoms with Gasteiger partial charge in [0.05, 0.1) is 13.2 Å². The fourth-order valence-electron chi connectivity index (χ4n) is 2.83. The third kappa shape index (κ3) is 6.94. The molecular formula is C23H25Cl2NO3. The van der Waals surface area contributed by atoms with Gasteiger partial charge in [-0.15, -0.1) is 12.4 Å². The van der Waals surface area contributed by atoms with Crippen molar-refractivity contribution in [3.63, 3.8) is 0 Å². The van der Waals surface area contributed by atoms with Crippen molar-refractivity contribution in [2.45, 2.75) is 19.3 Å². The Morgan fingerprint density at radius 1 is 0.931 bits per heavy atom. The van der Waals surface area contributed by atoms with E-state index in [1.54, 1.807) is 7.11 Å². The van der Waals surface area contributed by atoms with Crippen LogP contribution in [0.5, 0.6) is 11.5 Å². The molecule has 0 saturated heterocycles. The Morgan fingerprint density at radius 3 is 2.31 bits per heavy atom. The fourth-order valence-corrected chi connectivity index (χ4v) is 2.96. The summed E-state index contributed by atoms with van der Waals surface area (Å²) in [4.78, 5) is 0. The maximum Gasteiger partial charge on any atom is 0.161 e. The molecule has 0 heterocycles. The maximum absolute atomic E-state index is 10.2. The molecule has 3 rings (SSSR count). The zero-order valence-electron chi connectivity index (χ0n) is 16.2. The van der Waals surface area contributed by atoms with E-state index in [0.717, 1.165) is 16.7 Å². The Kier molecular flexibility index (Phi) is 9.29. The summed E-state index contributed by atoms with van der Waals surface area (Å²) in [6, 6.07) is 23.0. The molecule has 0 aliphatic heterocycles. The van der Waals surface area contributed by atoms with Gasteiger partial charge in [0, 0.05) is 18.1 Å². The molecule has 0 amide bonds. The van der Waals surface area contributed by atoms with E-state index in [9.17, 15) is 5.11 Å². The van der Waals surface area contributed by atoms with Crippen LogP contribution in [0.3, 0.4) is 0 Å². The van der Waals surface area contributed by atoms with Crippen molar-refractivity contribution in [1.29, 1.82) is 0 Å². The summed E-state index contributed by atoms with van der Waals surface area (Å²) < 4.78 is 11.3. The SMILES string of the molecule is COc1cc(CNCC(O)c2ccccc2)ccc1OCc1ccc(Cl)cc1.Cl. The molecule has 0 aliphatic rings. The molecule has 1 atom stereocenters. The zero-order valence-corrected chi connectivity index (χ0v) is 17.7. The molecule has 0 saturated carbocycles. The largest absolute Gasteiger partial charge is 0.493 e. The Hall–Kier alpha value is -2.24. The van der Waals surface area contributed by atoms with Crippen LogP contribution >= 0.6 is 24.0 Å². The van der Waals surface area contributed by atoms with E-state index < -0.39 is 6.10 Å². The molecule has 0 spiro atoms. The molecule has 0 bridgehead atoms. The Labute approximate surface area is 182 Å². The number of aliphatic hydroxyl groups is 1. The molecule has 0 fully saturated rings. The lowest BCUT2D eigenvalue weighted by Crippen LogP contribution is -2.21. The standard InChI is InChI=1S/C23H24ClNO3.ClH/c1-27-23-13-18(14-25-15-21(26)19-5-3-2-4-6-19)9-12-22(23)28-16-17-7-10-20(24)11-8-17;/h2-13,21,25-26H,14-16H2,1H3;1H. The van der Waals surface area contributed by atoms with Crippen molar-refractivity contribution >= 4 is 24.0 Å². The highest BCUT2D eigenvalue weighted by Gasteiger charge is 2.09. The van der Waals surface area contributed by atoms with E-state index in [-0.39, 0.29) is 12.4 Å². The van der Waals surface area contributed by atoms with Gasteiger partial charge in [0.25, 0.3) is 0 Å². The van der Waals surface area contributed by atoms with E-state index in [0.29, 0.717) is 36.2 Å². The predicted octanol–water partition coefficient (Wildman–Crippen LogP) is 5.17. The first-order chi connectivity index (χ1) is 13.7. The quantitative estimate of drug-likeness (QED) is 0.488. The van der Waals surface area contributed by atoms with Crippen molar-refractivity contribution in [1.82, 2.24) is 5.32 Å². The first kappa shape index (κ1) is 23.0. The molecule has 3 aromatic rings. The van der Waals surface area contributed by atoms with Gasteiger partial charge >= 0.3 is 0 Å². The summed E-state index contributed by atoms with van der Waals surface area (Å²) in [5.41, 5.74) is 2.99. The van der Waals surface area contributed by atoms with E-state index in [1.165, 1.54) is 0 Å². The monoisotopic (exact) mass is 433 g/mol. The third-order valence-corrected chi connectivity index (χ3v) is 4.64. The van der Waals surface area contributed by atoms with Gasteiger partial charge in [-0.1, -0.05) is 60.1 Å². The van der Waals surface area contributed by atoms with Crippen LogP contribution < -0.4 is 14.8 Å². The summed E-state index contributed by atoms with van der Waals surface area (Å²) in [6.45, 7) is 1.53. The lowest BCUT2D eigenvalue weighted by Gasteiger charge is -2.14. The summed E-state index contributed by atoms with van der Waals surface area (Å²) in [6.07, 6.45) is -0.537. The minimum Gasteiger partial charge on any atom is -0.493 e. The molecule has 1 unspecified atom stereocenters. The highest BCUT2D eigenvalue weighted by molar-refractivity contribution is 6.30. The molecule has 29 heavy (non-hydrogen) atoms. The molecular weight excluding hydrogens is 409 g/mol. The van der Waals surface area contributed by atoms with Crippen LogP contribution in [0.1, 0.15) is 22.8 Å². The van der Waals surface area contributed by atoms with E-state index in [4.69, 9.17) is 21.1 Å². The minimum absolute atomic E-state index is 0. The summed E-state index contributed by atoms with van der Waals surface area (Å²) in [5, 5.41) is 14.2. The normalized spacial score (nSPS) is 11.4. The van der Waals surface area contributed by atoms with Crippen LogP contribution in [-0.4, -0.2) is 18.8 Å². The van der Waals surface area contributed by atoms with E-state index >= 15 is 0 Å². The molecule has 6 heteroatoms. The first-order valence-electron chi connectivity index (χ1n) is 9.13. The van der Waals surface area contributed by atoms with Gasteiger partial charge in [0.15, 0.2) is 11.5 Å². The van der Waals surface area contributed by atoms with E-state index in [1.807, 2.05) is 72.8 Å². The number of hydrogen-bond donors (Lipinski definition) is 2. The van der Waals surface area contributed by atoms with Crippen LogP contribution in [0.15, 0.2) is 72.8 Å². The topological polar surface area (TPSA) is 50.7 Å².